The van der Waals surface area contributed by atoms with Gasteiger partial charge in [-0.2, -0.15) is 0 Å². The van der Waals surface area contributed by atoms with Crippen molar-refractivity contribution in [3.8, 4) is 0 Å². The van der Waals surface area contributed by atoms with Crippen molar-refractivity contribution >= 4 is 53.5 Å². The van der Waals surface area contributed by atoms with Crippen LogP contribution in [0.3, 0.4) is 0 Å². The minimum atomic E-state index is -0.961. The Kier molecular flexibility index (Phi) is 2.21. The van der Waals surface area contributed by atoms with Crippen LogP contribution in [0.25, 0.3) is 0 Å². The smallest absolute Gasteiger partial charge is 0.0752 e. The van der Waals surface area contributed by atoms with E-state index in [2.05, 4.69) is 31.9 Å². The predicted octanol–water partition coefficient (Wildman–Crippen LogP) is 1.76. The minimum absolute atomic E-state index is 0.0218. The SMILES string of the molecule is O=S1C2C=C(Br)[C@H]1[C@H]1C(Br)=C[S@](=O)[C@@H]21. The molecule has 3 aliphatic heterocycles. The summed E-state index contributed by atoms with van der Waals surface area (Å²) >= 11 is 6.87. The molecule has 3 heterocycles. The molecule has 1 fully saturated rings. The summed E-state index contributed by atoms with van der Waals surface area (Å²) < 4.78 is 25.6. The molecule has 1 saturated heterocycles. The van der Waals surface area contributed by atoms with Gasteiger partial charge in [-0.1, -0.05) is 37.9 Å². The van der Waals surface area contributed by atoms with Crippen LogP contribution in [0.1, 0.15) is 0 Å². The van der Waals surface area contributed by atoms with E-state index in [1.165, 1.54) is 0 Å². The molecule has 0 aromatic rings. The lowest BCUT2D eigenvalue weighted by molar-refractivity contribution is 0.626. The molecule has 0 amide bonds. The second-order valence-corrected chi connectivity index (χ2v) is 8.56. The first kappa shape index (κ1) is 9.93. The highest BCUT2D eigenvalue weighted by molar-refractivity contribution is 9.12. The molecule has 3 aliphatic rings. The summed E-state index contributed by atoms with van der Waals surface area (Å²) in [5.41, 5.74) is 0. The van der Waals surface area contributed by atoms with Gasteiger partial charge < -0.3 is 0 Å². The first-order chi connectivity index (χ1) is 6.61. The normalized spacial score (nSPS) is 54.4. The predicted molar refractivity (Wildman–Crippen MR) is 65.2 cm³/mol. The maximum absolute atomic E-state index is 11.9. The Labute approximate surface area is 103 Å². The van der Waals surface area contributed by atoms with Crippen molar-refractivity contribution in [1.82, 2.24) is 0 Å². The van der Waals surface area contributed by atoms with Crippen LogP contribution in [0.4, 0.5) is 0 Å². The van der Waals surface area contributed by atoms with Crippen molar-refractivity contribution in [3.05, 3.63) is 20.4 Å². The van der Waals surface area contributed by atoms with Crippen LogP contribution in [0.15, 0.2) is 20.4 Å². The van der Waals surface area contributed by atoms with E-state index in [4.69, 9.17) is 0 Å². The molecule has 6 atom stereocenters. The Hall–Kier alpha value is 0.740. The quantitative estimate of drug-likeness (QED) is 0.662. The fourth-order valence-electron chi connectivity index (χ4n) is 2.37. The summed E-state index contributed by atoms with van der Waals surface area (Å²) in [4.78, 5) is 0. The second-order valence-electron chi connectivity index (χ2n) is 3.59. The van der Waals surface area contributed by atoms with Gasteiger partial charge in [-0.15, -0.1) is 0 Å². The Morgan fingerprint density at radius 1 is 1.21 bits per heavy atom. The van der Waals surface area contributed by atoms with Crippen LogP contribution in [-0.2, 0) is 21.6 Å². The highest BCUT2D eigenvalue weighted by Gasteiger charge is 2.58. The summed E-state index contributed by atoms with van der Waals surface area (Å²) in [5, 5.41) is 1.80. The fourth-order valence-corrected chi connectivity index (χ4v) is 9.30. The van der Waals surface area contributed by atoms with Crippen LogP contribution in [0.2, 0.25) is 0 Å². The third-order valence-electron chi connectivity index (χ3n) is 2.93. The summed E-state index contributed by atoms with van der Waals surface area (Å²) in [6, 6.07) is 0. The van der Waals surface area contributed by atoms with Gasteiger partial charge in [-0.3, -0.25) is 8.42 Å². The van der Waals surface area contributed by atoms with Gasteiger partial charge >= 0.3 is 0 Å². The fraction of sp³-hybridized carbons (Fsp3) is 0.500. The lowest BCUT2D eigenvalue weighted by Crippen LogP contribution is -2.29. The Morgan fingerprint density at radius 2 is 1.93 bits per heavy atom. The third-order valence-corrected chi connectivity index (χ3v) is 8.85. The van der Waals surface area contributed by atoms with Crippen LogP contribution in [0.5, 0.6) is 0 Å². The monoisotopic (exact) mass is 356 g/mol. The molecule has 2 nitrogen and oxygen atoms in total. The lowest BCUT2D eigenvalue weighted by Gasteiger charge is -2.19. The van der Waals surface area contributed by atoms with Gasteiger partial charge in [-0.25, -0.2) is 0 Å². The van der Waals surface area contributed by atoms with Crippen molar-refractivity contribution in [2.75, 3.05) is 0 Å². The van der Waals surface area contributed by atoms with Crippen LogP contribution >= 0.6 is 31.9 Å². The average molecular weight is 358 g/mol. The van der Waals surface area contributed by atoms with E-state index in [9.17, 15) is 8.42 Å². The maximum Gasteiger partial charge on any atom is 0.0752 e. The zero-order chi connectivity index (χ0) is 10.0. The Balaban J connectivity index is 2.15. The van der Waals surface area contributed by atoms with Crippen molar-refractivity contribution in [2.24, 2.45) is 5.92 Å². The highest BCUT2D eigenvalue weighted by atomic mass is 79.9. The number of halogens is 2. The molecule has 76 valence electrons. The number of fused-ring (bicyclic) bond motifs is 5. The number of hydrogen-bond donors (Lipinski definition) is 0. The topological polar surface area (TPSA) is 34.1 Å². The van der Waals surface area contributed by atoms with Gasteiger partial charge in [0.25, 0.3) is 0 Å². The molecule has 0 spiro atoms. The van der Waals surface area contributed by atoms with Gasteiger partial charge in [0.2, 0.25) is 0 Å². The molecule has 0 aliphatic carbocycles. The number of rotatable bonds is 0. The molecular formula is C8H6Br2O2S2. The van der Waals surface area contributed by atoms with Crippen molar-refractivity contribution < 1.29 is 8.42 Å². The number of hydrogen-bond acceptors (Lipinski definition) is 2. The Bertz CT molecular complexity index is 429. The largest absolute Gasteiger partial charge is 0.258 e. The van der Waals surface area contributed by atoms with Crippen LogP contribution < -0.4 is 0 Å². The van der Waals surface area contributed by atoms with E-state index in [1.54, 1.807) is 5.41 Å². The standard InChI is InChI=1S/C8H6Br2O2S2/c9-3-1-5-8-6(7(3)14(5)12)4(10)2-13(8)11/h1-2,5-8H/t5?,6-,7+,8+,13+,14?/m1/s1. The van der Waals surface area contributed by atoms with Crippen molar-refractivity contribution in [3.63, 3.8) is 0 Å². The van der Waals surface area contributed by atoms with Crippen LogP contribution in [0, 0.1) is 5.92 Å². The lowest BCUT2D eigenvalue weighted by atomic mass is 9.94. The number of allylic oxidation sites excluding steroid dienone is 1. The summed E-state index contributed by atoms with van der Waals surface area (Å²) in [6.07, 6.45) is 1.97. The molecule has 2 unspecified atom stereocenters. The van der Waals surface area contributed by atoms with E-state index >= 15 is 0 Å². The first-order valence-electron chi connectivity index (χ1n) is 4.14. The van der Waals surface area contributed by atoms with Gasteiger partial charge in [0.05, 0.1) is 26.5 Å². The molecule has 3 rings (SSSR count). The molecule has 0 aromatic carbocycles. The highest BCUT2D eigenvalue weighted by Crippen LogP contribution is 2.53. The van der Waals surface area contributed by atoms with Crippen molar-refractivity contribution in [2.45, 2.75) is 15.7 Å². The van der Waals surface area contributed by atoms with E-state index < -0.39 is 21.6 Å². The van der Waals surface area contributed by atoms with E-state index in [0.717, 1.165) is 8.96 Å². The minimum Gasteiger partial charge on any atom is -0.258 e. The van der Waals surface area contributed by atoms with Crippen molar-refractivity contribution in [1.29, 1.82) is 0 Å². The summed E-state index contributed by atoms with van der Waals surface area (Å²) in [5.74, 6) is 0.168. The van der Waals surface area contributed by atoms with Gasteiger partial charge in [0.1, 0.15) is 0 Å². The molecule has 0 N–H and O–H groups in total. The molecule has 6 heteroatoms. The molecule has 0 aromatic heterocycles. The third kappa shape index (κ3) is 1.06. The average Bonchev–Trinajstić information content (AvgIpc) is 2.64. The van der Waals surface area contributed by atoms with E-state index in [1.807, 2.05) is 6.08 Å². The summed E-state index contributed by atoms with van der Waals surface area (Å²) in [6.45, 7) is 0. The first-order valence-corrected chi connectivity index (χ1v) is 8.28. The van der Waals surface area contributed by atoms with Gasteiger partial charge in [0, 0.05) is 31.1 Å². The molecular weight excluding hydrogens is 352 g/mol. The Morgan fingerprint density at radius 3 is 2.64 bits per heavy atom. The van der Waals surface area contributed by atoms with E-state index in [0.29, 0.717) is 0 Å². The molecule has 14 heavy (non-hydrogen) atoms. The van der Waals surface area contributed by atoms with Crippen LogP contribution in [-0.4, -0.2) is 24.2 Å². The molecule has 0 saturated carbocycles. The van der Waals surface area contributed by atoms with Gasteiger partial charge in [-0.05, 0) is 0 Å². The van der Waals surface area contributed by atoms with E-state index in [-0.39, 0.29) is 21.7 Å². The van der Waals surface area contributed by atoms with Gasteiger partial charge in [0.15, 0.2) is 0 Å². The molecule has 2 bridgehead atoms. The molecule has 0 radical (unpaired) electrons. The second kappa shape index (κ2) is 3.12. The zero-order valence-corrected chi connectivity index (χ0v) is 11.7. The maximum atomic E-state index is 11.9. The summed E-state index contributed by atoms with van der Waals surface area (Å²) in [7, 11) is -1.85. The zero-order valence-electron chi connectivity index (χ0n) is 6.85.